The highest BCUT2D eigenvalue weighted by atomic mass is 15.2. The fraction of sp³-hybridized carbons (Fsp3) is 1.00. The van der Waals surface area contributed by atoms with Crippen LogP contribution in [0.25, 0.3) is 0 Å². The second-order valence-electron chi connectivity index (χ2n) is 5.29. The van der Waals surface area contributed by atoms with Crippen LogP contribution < -0.4 is 5.32 Å². The molecule has 0 aromatic heterocycles. The van der Waals surface area contributed by atoms with Crippen LogP contribution in [0.3, 0.4) is 0 Å². The highest BCUT2D eigenvalue weighted by molar-refractivity contribution is 4.83. The molecule has 88 valence electrons. The molecule has 1 heterocycles. The lowest BCUT2D eigenvalue weighted by atomic mass is 9.94. The van der Waals surface area contributed by atoms with E-state index in [2.05, 4.69) is 17.1 Å². The van der Waals surface area contributed by atoms with Crippen molar-refractivity contribution in [1.29, 1.82) is 0 Å². The minimum atomic E-state index is 0.753. The van der Waals surface area contributed by atoms with Gasteiger partial charge in [-0.15, -0.1) is 0 Å². The summed E-state index contributed by atoms with van der Waals surface area (Å²) < 4.78 is 0. The first kappa shape index (κ1) is 11.4. The minimum absolute atomic E-state index is 0.753. The number of rotatable bonds is 1. The van der Waals surface area contributed by atoms with Crippen molar-refractivity contribution < 1.29 is 0 Å². The molecule has 2 rings (SSSR count). The maximum atomic E-state index is 3.49. The first-order chi connectivity index (χ1) is 7.38. The molecule has 0 aromatic carbocycles. The van der Waals surface area contributed by atoms with Crippen molar-refractivity contribution >= 4 is 0 Å². The first-order valence-electron chi connectivity index (χ1n) is 6.84. The lowest BCUT2D eigenvalue weighted by molar-refractivity contribution is 0.0979. The number of nitrogens with zero attached hydrogens (tertiary/aromatic N) is 1. The summed E-state index contributed by atoms with van der Waals surface area (Å²) in [6.07, 6.45) is 10.2. The van der Waals surface area contributed by atoms with Gasteiger partial charge in [0.25, 0.3) is 0 Å². The molecule has 2 fully saturated rings. The van der Waals surface area contributed by atoms with Crippen molar-refractivity contribution in [1.82, 2.24) is 10.2 Å². The van der Waals surface area contributed by atoms with Crippen LogP contribution in [0.2, 0.25) is 0 Å². The molecule has 1 N–H and O–H groups in total. The Morgan fingerprint density at radius 1 is 1.00 bits per heavy atom. The zero-order chi connectivity index (χ0) is 10.5. The lowest BCUT2D eigenvalue weighted by Gasteiger charge is -2.40. The summed E-state index contributed by atoms with van der Waals surface area (Å²) in [5, 5.41) is 3.49. The van der Waals surface area contributed by atoms with Gasteiger partial charge in [0, 0.05) is 31.7 Å². The first-order valence-corrected chi connectivity index (χ1v) is 6.84. The van der Waals surface area contributed by atoms with Gasteiger partial charge in [0.05, 0.1) is 0 Å². The molecule has 15 heavy (non-hydrogen) atoms. The molecular formula is C13H26N2. The number of hydrogen-bond donors (Lipinski definition) is 1. The third-order valence-corrected chi connectivity index (χ3v) is 4.10. The van der Waals surface area contributed by atoms with E-state index in [1.807, 2.05) is 0 Å². The number of hydrogen-bond acceptors (Lipinski definition) is 2. The van der Waals surface area contributed by atoms with Gasteiger partial charge in [-0.2, -0.15) is 0 Å². The van der Waals surface area contributed by atoms with E-state index >= 15 is 0 Å². The Morgan fingerprint density at radius 3 is 2.33 bits per heavy atom. The number of nitrogens with one attached hydrogen (secondary N) is 1. The second-order valence-corrected chi connectivity index (χ2v) is 5.29. The molecule has 2 nitrogen and oxygen atoms in total. The molecule has 1 saturated carbocycles. The molecule has 0 bridgehead atoms. The quantitative estimate of drug-likeness (QED) is 0.715. The van der Waals surface area contributed by atoms with Crippen molar-refractivity contribution in [3.05, 3.63) is 0 Å². The smallest absolute Gasteiger partial charge is 0.0195 e. The predicted molar refractivity (Wildman–Crippen MR) is 65.1 cm³/mol. The molecule has 0 spiro atoms. The van der Waals surface area contributed by atoms with Gasteiger partial charge < -0.3 is 5.32 Å². The fourth-order valence-electron chi connectivity index (χ4n) is 3.17. The maximum absolute atomic E-state index is 3.49. The Hall–Kier alpha value is -0.0800. The Bertz CT molecular complexity index is 173. The van der Waals surface area contributed by atoms with Crippen LogP contribution in [0.15, 0.2) is 0 Å². The summed E-state index contributed by atoms with van der Waals surface area (Å²) in [6, 6.07) is 1.64. The minimum Gasteiger partial charge on any atom is -0.314 e. The third kappa shape index (κ3) is 3.18. The Kier molecular flexibility index (Phi) is 4.45. The zero-order valence-corrected chi connectivity index (χ0v) is 10.2. The normalized spacial score (nSPS) is 32.2. The molecule has 1 atom stereocenters. The van der Waals surface area contributed by atoms with E-state index < -0.39 is 0 Å². The van der Waals surface area contributed by atoms with E-state index in [4.69, 9.17) is 0 Å². The van der Waals surface area contributed by atoms with E-state index in [0.29, 0.717) is 0 Å². The van der Waals surface area contributed by atoms with Gasteiger partial charge >= 0.3 is 0 Å². The SMILES string of the molecule is CC1CNCCN1C1CCCCCCC1. The second kappa shape index (κ2) is 5.86. The third-order valence-electron chi connectivity index (χ3n) is 4.10. The van der Waals surface area contributed by atoms with E-state index in [1.54, 1.807) is 0 Å². The van der Waals surface area contributed by atoms with E-state index in [-0.39, 0.29) is 0 Å². The van der Waals surface area contributed by atoms with Crippen molar-refractivity contribution in [2.45, 2.75) is 64.0 Å². The van der Waals surface area contributed by atoms with Crippen LogP contribution in [-0.2, 0) is 0 Å². The zero-order valence-electron chi connectivity index (χ0n) is 10.2. The Labute approximate surface area is 94.4 Å². The highest BCUT2D eigenvalue weighted by Crippen LogP contribution is 2.23. The van der Waals surface area contributed by atoms with Crippen LogP contribution in [0, 0.1) is 0 Å². The summed E-state index contributed by atoms with van der Waals surface area (Å²) in [6.45, 7) is 6.04. The van der Waals surface area contributed by atoms with Crippen molar-refractivity contribution in [3.8, 4) is 0 Å². The van der Waals surface area contributed by atoms with E-state index in [0.717, 1.165) is 12.1 Å². The van der Waals surface area contributed by atoms with Crippen LogP contribution >= 0.6 is 0 Å². The van der Waals surface area contributed by atoms with Gasteiger partial charge in [0.1, 0.15) is 0 Å². The molecular weight excluding hydrogens is 184 g/mol. The summed E-state index contributed by atoms with van der Waals surface area (Å²) in [5.41, 5.74) is 0. The van der Waals surface area contributed by atoms with Crippen molar-refractivity contribution in [2.24, 2.45) is 0 Å². The molecule has 0 aromatic rings. The van der Waals surface area contributed by atoms with Crippen LogP contribution in [0.1, 0.15) is 51.9 Å². The average molecular weight is 210 g/mol. The van der Waals surface area contributed by atoms with Gasteiger partial charge in [-0.3, -0.25) is 4.90 Å². The van der Waals surface area contributed by atoms with Gasteiger partial charge in [0.15, 0.2) is 0 Å². The lowest BCUT2D eigenvalue weighted by Crippen LogP contribution is -2.54. The summed E-state index contributed by atoms with van der Waals surface area (Å²) in [4.78, 5) is 2.77. The maximum Gasteiger partial charge on any atom is 0.0195 e. The van der Waals surface area contributed by atoms with Gasteiger partial charge in [0.2, 0.25) is 0 Å². The standard InChI is InChI=1S/C13H26N2/c1-12-11-14-9-10-15(12)13-7-5-3-2-4-6-8-13/h12-14H,2-11H2,1H3. The average Bonchev–Trinajstić information content (AvgIpc) is 2.19. The van der Waals surface area contributed by atoms with Gasteiger partial charge in [-0.25, -0.2) is 0 Å². The van der Waals surface area contributed by atoms with Crippen LogP contribution in [0.4, 0.5) is 0 Å². The number of piperazine rings is 1. The molecule has 1 aliphatic heterocycles. The van der Waals surface area contributed by atoms with Gasteiger partial charge in [-0.1, -0.05) is 32.1 Å². The molecule has 0 amide bonds. The highest BCUT2D eigenvalue weighted by Gasteiger charge is 2.25. The molecule has 1 saturated heterocycles. The summed E-state index contributed by atoms with van der Waals surface area (Å²) in [7, 11) is 0. The Balaban J connectivity index is 1.87. The van der Waals surface area contributed by atoms with E-state index in [9.17, 15) is 0 Å². The Morgan fingerprint density at radius 2 is 1.67 bits per heavy atom. The van der Waals surface area contributed by atoms with Crippen molar-refractivity contribution in [2.75, 3.05) is 19.6 Å². The topological polar surface area (TPSA) is 15.3 Å². The summed E-state index contributed by atoms with van der Waals surface area (Å²) in [5.74, 6) is 0. The largest absolute Gasteiger partial charge is 0.314 e. The molecule has 2 aliphatic rings. The monoisotopic (exact) mass is 210 g/mol. The van der Waals surface area contributed by atoms with E-state index in [1.165, 1.54) is 64.6 Å². The van der Waals surface area contributed by atoms with Crippen LogP contribution in [-0.4, -0.2) is 36.6 Å². The predicted octanol–water partition coefficient (Wildman–Crippen LogP) is 2.39. The van der Waals surface area contributed by atoms with Crippen LogP contribution in [0.5, 0.6) is 0 Å². The van der Waals surface area contributed by atoms with Gasteiger partial charge in [-0.05, 0) is 19.8 Å². The molecule has 1 unspecified atom stereocenters. The summed E-state index contributed by atoms with van der Waals surface area (Å²) >= 11 is 0. The fourth-order valence-corrected chi connectivity index (χ4v) is 3.17. The van der Waals surface area contributed by atoms with Crippen molar-refractivity contribution in [3.63, 3.8) is 0 Å². The molecule has 0 radical (unpaired) electrons. The molecule has 1 aliphatic carbocycles. The molecule has 2 heteroatoms.